The lowest BCUT2D eigenvalue weighted by Crippen LogP contribution is -2.40. The summed E-state index contributed by atoms with van der Waals surface area (Å²) in [6, 6.07) is 23.0. The van der Waals surface area contributed by atoms with Gasteiger partial charge >= 0.3 is 5.69 Å². The number of ether oxygens (including phenoxy) is 2. The number of nitrogens with zero attached hydrogens (tertiary/aromatic N) is 2. The number of rotatable bonds is 6. The lowest BCUT2D eigenvalue weighted by molar-refractivity contribution is 0.0694. The summed E-state index contributed by atoms with van der Waals surface area (Å²) in [7, 11) is 1.57. The molecule has 1 amide bonds. The van der Waals surface area contributed by atoms with Crippen LogP contribution in [0.3, 0.4) is 0 Å². The lowest BCUT2D eigenvalue weighted by Gasteiger charge is -2.32. The van der Waals surface area contributed by atoms with Crippen LogP contribution in [0.2, 0.25) is 0 Å². The van der Waals surface area contributed by atoms with E-state index in [4.69, 9.17) is 9.47 Å². The van der Waals surface area contributed by atoms with Crippen molar-refractivity contribution in [3.63, 3.8) is 0 Å². The fourth-order valence-electron chi connectivity index (χ4n) is 4.60. The molecule has 1 aliphatic rings. The number of methoxy groups -OCH3 is 1. The van der Waals surface area contributed by atoms with Gasteiger partial charge in [0, 0.05) is 24.7 Å². The Balaban J connectivity index is 1.26. The van der Waals surface area contributed by atoms with Crippen LogP contribution in [0.4, 0.5) is 0 Å². The Hall–Kier alpha value is -4.00. The zero-order valence-electron chi connectivity index (χ0n) is 19.1. The minimum absolute atomic E-state index is 0.0439. The highest BCUT2D eigenvalue weighted by atomic mass is 16.5. The number of benzene rings is 3. The van der Waals surface area contributed by atoms with E-state index in [-0.39, 0.29) is 17.6 Å². The summed E-state index contributed by atoms with van der Waals surface area (Å²) in [5, 5.41) is 0. The first-order chi connectivity index (χ1) is 16.6. The van der Waals surface area contributed by atoms with Gasteiger partial charge in [-0.2, -0.15) is 0 Å². The van der Waals surface area contributed by atoms with E-state index in [1.54, 1.807) is 25.3 Å². The summed E-state index contributed by atoms with van der Waals surface area (Å²) < 4.78 is 13.2. The standard InChI is InChI=1S/C27H27N3O4/c1-33-25-17-20(11-12-24(25)34-18-19-7-3-2-4-8-19)26(31)29-15-13-21(14-16-29)30-23-10-6-5-9-22(23)28-27(30)32/h2-12,17,21H,13-16,18H2,1H3,(H,28,32). The molecule has 34 heavy (non-hydrogen) atoms. The summed E-state index contributed by atoms with van der Waals surface area (Å²) in [5.41, 5.74) is 3.27. The monoisotopic (exact) mass is 457 g/mol. The molecular formula is C27H27N3O4. The van der Waals surface area contributed by atoms with Crippen LogP contribution in [0.25, 0.3) is 11.0 Å². The number of carbonyl (C=O) groups is 1. The molecular weight excluding hydrogens is 430 g/mol. The molecule has 5 rings (SSSR count). The Morgan fingerprint density at radius 3 is 2.47 bits per heavy atom. The van der Waals surface area contributed by atoms with Gasteiger partial charge in [0.2, 0.25) is 0 Å². The second-order valence-electron chi connectivity index (χ2n) is 8.48. The van der Waals surface area contributed by atoms with Gasteiger partial charge in [-0.15, -0.1) is 0 Å². The molecule has 1 N–H and O–H groups in total. The van der Waals surface area contributed by atoms with Crippen molar-refractivity contribution in [2.24, 2.45) is 0 Å². The molecule has 174 valence electrons. The fourth-order valence-corrected chi connectivity index (χ4v) is 4.60. The number of carbonyl (C=O) groups excluding carboxylic acids is 1. The molecule has 3 aromatic carbocycles. The molecule has 1 aliphatic heterocycles. The number of nitrogens with one attached hydrogen (secondary N) is 1. The molecule has 0 saturated carbocycles. The summed E-state index contributed by atoms with van der Waals surface area (Å²) in [5.74, 6) is 1.08. The molecule has 0 aliphatic carbocycles. The van der Waals surface area contributed by atoms with E-state index in [1.807, 2.05) is 64.1 Å². The summed E-state index contributed by atoms with van der Waals surface area (Å²) >= 11 is 0. The Labute approximate surface area is 197 Å². The molecule has 0 atom stereocenters. The summed E-state index contributed by atoms with van der Waals surface area (Å²) in [4.78, 5) is 30.5. The predicted octanol–water partition coefficient (Wildman–Crippen LogP) is 4.39. The first kappa shape index (κ1) is 21.8. The van der Waals surface area contributed by atoms with E-state index < -0.39 is 0 Å². The van der Waals surface area contributed by atoms with E-state index in [0.29, 0.717) is 36.8 Å². The van der Waals surface area contributed by atoms with Gasteiger partial charge in [0.25, 0.3) is 5.91 Å². The van der Waals surface area contributed by atoms with Gasteiger partial charge < -0.3 is 19.4 Å². The first-order valence-electron chi connectivity index (χ1n) is 11.5. The normalized spacial score (nSPS) is 14.3. The number of amides is 1. The topological polar surface area (TPSA) is 76.6 Å². The third kappa shape index (κ3) is 4.29. The van der Waals surface area contributed by atoms with Gasteiger partial charge in [0.05, 0.1) is 18.1 Å². The third-order valence-corrected chi connectivity index (χ3v) is 6.39. The van der Waals surface area contributed by atoms with Gasteiger partial charge in [-0.25, -0.2) is 4.79 Å². The highest BCUT2D eigenvalue weighted by molar-refractivity contribution is 5.95. The molecule has 1 saturated heterocycles. The first-order valence-corrected chi connectivity index (χ1v) is 11.5. The van der Waals surface area contributed by atoms with Crippen molar-refractivity contribution in [1.29, 1.82) is 0 Å². The Bertz CT molecular complexity index is 1350. The number of hydrogen-bond donors (Lipinski definition) is 1. The average Bonchev–Trinajstić information content (AvgIpc) is 3.23. The molecule has 0 bridgehead atoms. The number of aromatic nitrogens is 2. The summed E-state index contributed by atoms with van der Waals surface area (Å²) in [6.45, 7) is 1.60. The second kappa shape index (κ2) is 9.47. The number of para-hydroxylation sites is 2. The van der Waals surface area contributed by atoms with Crippen molar-refractivity contribution in [2.45, 2.75) is 25.5 Å². The van der Waals surface area contributed by atoms with Gasteiger partial charge in [-0.3, -0.25) is 9.36 Å². The van der Waals surface area contributed by atoms with Crippen LogP contribution < -0.4 is 15.2 Å². The van der Waals surface area contributed by atoms with Crippen molar-refractivity contribution in [1.82, 2.24) is 14.5 Å². The molecule has 1 aromatic heterocycles. The van der Waals surface area contributed by atoms with Crippen LogP contribution >= 0.6 is 0 Å². The maximum atomic E-state index is 13.2. The maximum absolute atomic E-state index is 13.2. The van der Waals surface area contributed by atoms with Gasteiger partial charge in [0.1, 0.15) is 6.61 Å². The molecule has 0 unspecified atom stereocenters. The molecule has 7 nitrogen and oxygen atoms in total. The van der Waals surface area contributed by atoms with Crippen LogP contribution in [-0.2, 0) is 6.61 Å². The number of aromatic amines is 1. The molecule has 0 spiro atoms. The van der Waals surface area contributed by atoms with Crippen LogP contribution in [0.15, 0.2) is 77.6 Å². The van der Waals surface area contributed by atoms with Crippen LogP contribution in [0.1, 0.15) is 34.8 Å². The fraction of sp³-hybridized carbons (Fsp3) is 0.259. The average molecular weight is 458 g/mol. The molecule has 7 heteroatoms. The highest BCUT2D eigenvalue weighted by Crippen LogP contribution is 2.31. The molecule has 2 heterocycles. The molecule has 0 radical (unpaired) electrons. The van der Waals surface area contributed by atoms with Crippen LogP contribution in [0, 0.1) is 0 Å². The Morgan fingerprint density at radius 2 is 1.71 bits per heavy atom. The van der Waals surface area contributed by atoms with Crippen molar-refractivity contribution in [3.05, 3.63) is 94.4 Å². The van der Waals surface area contributed by atoms with E-state index in [1.165, 1.54) is 0 Å². The molecule has 4 aromatic rings. The van der Waals surface area contributed by atoms with E-state index in [0.717, 1.165) is 29.4 Å². The smallest absolute Gasteiger partial charge is 0.326 e. The van der Waals surface area contributed by atoms with Gasteiger partial charge in [-0.05, 0) is 48.7 Å². The van der Waals surface area contributed by atoms with E-state index >= 15 is 0 Å². The van der Waals surface area contributed by atoms with E-state index in [9.17, 15) is 9.59 Å². The zero-order valence-corrected chi connectivity index (χ0v) is 19.1. The second-order valence-corrected chi connectivity index (χ2v) is 8.48. The van der Waals surface area contributed by atoms with Crippen LogP contribution in [-0.4, -0.2) is 40.6 Å². The minimum atomic E-state index is -0.0956. The highest BCUT2D eigenvalue weighted by Gasteiger charge is 2.27. The number of H-pyrrole nitrogens is 1. The summed E-state index contributed by atoms with van der Waals surface area (Å²) in [6.07, 6.45) is 1.45. The van der Waals surface area contributed by atoms with Gasteiger partial charge in [-0.1, -0.05) is 42.5 Å². The largest absolute Gasteiger partial charge is 0.493 e. The third-order valence-electron chi connectivity index (χ3n) is 6.39. The number of hydrogen-bond acceptors (Lipinski definition) is 4. The van der Waals surface area contributed by atoms with E-state index in [2.05, 4.69) is 4.98 Å². The molecule has 1 fully saturated rings. The SMILES string of the molecule is COc1cc(C(=O)N2CCC(n3c(=O)[nH]c4ccccc43)CC2)ccc1OCc1ccccc1. The van der Waals surface area contributed by atoms with Crippen molar-refractivity contribution < 1.29 is 14.3 Å². The Morgan fingerprint density at radius 1 is 0.971 bits per heavy atom. The lowest BCUT2D eigenvalue weighted by atomic mass is 10.0. The van der Waals surface area contributed by atoms with Crippen molar-refractivity contribution >= 4 is 16.9 Å². The number of piperidine rings is 1. The Kier molecular flexibility index (Phi) is 6.08. The van der Waals surface area contributed by atoms with Crippen molar-refractivity contribution in [3.8, 4) is 11.5 Å². The van der Waals surface area contributed by atoms with Gasteiger partial charge in [0.15, 0.2) is 11.5 Å². The van der Waals surface area contributed by atoms with Crippen LogP contribution in [0.5, 0.6) is 11.5 Å². The number of imidazole rings is 1. The predicted molar refractivity (Wildman–Crippen MR) is 131 cm³/mol. The quantitative estimate of drug-likeness (QED) is 0.466. The zero-order chi connectivity index (χ0) is 23.5. The minimum Gasteiger partial charge on any atom is -0.493 e. The van der Waals surface area contributed by atoms with Crippen molar-refractivity contribution in [2.75, 3.05) is 20.2 Å². The maximum Gasteiger partial charge on any atom is 0.326 e. The number of likely N-dealkylation sites (tertiary alicyclic amines) is 1. The number of fused-ring (bicyclic) bond motifs is 1.